The number of hydrogen-bond acceptors (Lipinski definition) is 2. The maximum Gasteiger partial charge on any atom is 0.162 e. The zero-order chi connectivity index (χ0) is 13.7. The number of halogens is 2. The Bertz CT molecular complexity index is 459. The van der Waals surface area contributed by atoms with Crippen molar-refractivity contribution < 1.29 is 13.5 Å². The minimum absolute atomic E-state index is 0.0957. The number of nitrogens with one attached hydrogen (secondary N) is 1. The molecule has 1 heterocycles. The molecule has 0 saturated heterocycles. The lowest BCUT2D eigenvalue weighted by atomic mass is 10.0. The van der Waals surface area contributed by atoms with Crippen molar-refractivity contribution in [1.29, 1.82) is 0 Å². The minimum atomic E-state index is -0.800. The van der Waals surface area contributed by atoms with Gasteiger partial charge >= 0.3 is 0 Å². The van der Waals surface area contributed by atoms with Crippen molar-refractivity contribution in [2.45, 2.75) is 32.2 Å². The predicted octanol–water partition coefficient (Wildman–Crippen LogP) is 3.18. The van der Waals surface area contributed by atoms with Crippen molar-refractivity contribution >= 4 is 0 Å². The summed E-state index contributed by atoms with van der Waals surface area (Å²) in [4.78, 5) is 0. The monoisotopic (exact) mass is 267 g/mol. The smallest absolute Gasteiger partial charge is 0.162 e. The molecule has 104 valence electrons. The second-order valence-electron chi connectivity index (χ2n) is 4.62. The van der Waals surface area contributed by atoms with Gasteiger partial charge in [-0.1, -0.05) is 19.1 Å². The molecule has 1 aromatic carbocycles. The molecular formula is C15H19F2NO. The van der Waals surface area contributed by atoms with E-state index in [2.05, 4.69) is 5.32 Å². The van der Waals surface area contributed by atoms with Crippen LogP contribution in [0.15, 0.2) is 30.0 Å². The van der Waals surface area contributed by atoms with E-state index in [1.165, 1.54) is 6.07 Å². The molecule has 0 amide bonds. The van der Waals surface area contributed by atoms with Gasteiger partial charge < -0.3 is 10.1 Å². The molecule has 19 heavy (non-hydrogen) atoms. The van der Waals surface area contributed by atoms with E-state index in [-0.39, 0.29) is 6.04 Å². The third-order valence-electron chi connectivity index (χ3n) is 3.21. The van der Waals surface area contributed by atoms with Crippen LogP contribution in [0.25, 0.3) is 0 Å². The van der Waals surface area contributed by atoms with E-state index in [0.717, 1.165) is 31.2 Å². The van der Waals surface area contributed by atoms with Crippen LogP contribution in [-0.2, 0) is 11.2 Å². The first kappa shape index (κ1) is 14.0. The van der Waals surface area contributed by atoms with Crippen LogP contribution < -0.4 is 5.32 Å². The second kappa shape index (κ2) is 6.66. The van der Waals surface area contributed by atoms with Gasteiger partial charge in [-0.15, -0.1) is 0 Å². The zero-order valence-corrected chi connectivity index (χ0v) is 11.1. The van der Waals surface area contributed by atoms with Crippen LogP contribution in [0.3, 0.4) is 0 Å². The quantitative estimate of drug-likeness (QED) is 0.884. The summed E-state index contributed by atoms with van der Waals surface area (Å²) in [6.45, 7) is 3.43. The molecule has 0 radical (unpaired) electrons. The van der Waals surface area contributed by atoms with Gasteiger partial charge in [0, 0.05) is 0 Å². The largest absolute Gasteiger partial charge is 0.497 e. The first-order valence-electron chi connectivity index (χ1n) is 6.71. The Labute approximate surface area is 112 Å². The molecule has 1 unspecified atom stereocenters. The lowest BCUT2D eigenvalue weighted by Crippen LogP contribution is -2.35. The number of benzene rings is 1. The second-order valence-corrected chi connectivity index (χ2v) is 4.62. The number of likely N-dealkylation sites (N-methyl/N-ethyl adjacent to an activating group) is 1. The lowest BCUT2D eigenvalue weighted by Gasteiger charge is -2.24. The Morgan fingerprint density at radius 3 is 2.89 bits per heavy atom. The fourth-order valence-corrected chi connectivity index (χ4v) is 2.27. The molecule has 0 aromatic heterocycles. The van der Waals surface area contributed by atoms with Gasteiger partial charge in [0.05, 0.1) is 12.6 Å². The van der Waals surface area contributed by atoms with Crippen LogP contribution in [-0.4, -0.2) is 19.2 Å². The maximum atomic E-state index is 13.7. The third kappa shape index (κ3) is 3.53. The van der Waals surface area contributed by atoms with Gasteiger partial charge in [0.15, 0.2) is 11.6 Å². The molecule has 1 N–H and O–H groups in total. The van der Waals surface area contributed by atoms with Crippen molar-refractivity contribution in [1.82, 2.24) is 5.32 Å². The van der Waals surface area contributed by atoms with E-state index < -0.39 is 11.6 Å². The normalized spacial score (nSPS) is 16.7. The van der Waals surface area contributed by atoms with Crippen LogP contribution >= 0.6 is 0 Å². The van der Waals surface area contributed by atoms with Gasteiger partial charge in [0.1, 0.15) is 5.76 Å². The summed E-state index contributed by atoms with van der Waals surface area (Å²) in [7, 11) is 0. The molecule has 1 aliphatic heterocycles. The molecular weight excluding hydrogens is 248 g/mol. The van der Waals surface area contributed by atoms with Crippen LogP contribution in [0.1, 0.15) is 25.3 Å². The van der Waals surface area contributed by atoms with Crippen LogP contribution in [0.4, 0.5) is 8.78 Å². The lowest BCUT2D eigenvalue weighted by molar-refractivity contribution is 0.167. The molecule has 0 spiro atoms. The summed E-state index contributed by atoms with van der Waals surface area (Å²) in [5.74, 6) is -0.718. The van der Waals surface area contributed by atoms with Gasteiger partial charge in [-0.25, -0.2) is 8.78 Å². The Hall–Kier alpha value is -1.42. The highest BCUT2D eigenvalue weighted by atomic mass is 19.2. The minimum Gasteiger partial charge on any atom is -0.497 e. The molecule has 4 heteroatoms. The Morgan fingerprint density at radius 2 is 2.21 bits per heavy atom. The summed E-state index contributed by atoms with van der Waals surface area (Å²) in [5.41, 5.74) is 0.376. The molecule has 0 aliphatic carbocycles. The molecule has 0 saturated carbocycles. The fourth-order valence-electron chi connectivity index (χ4n) is 2.27. The van der Waals surface area contributed by atoms with Crippen molar-refractivity contribution in [3.63, 3.8) is 0 Å². The Balaban J connectivity index is 2.16. The number of hydrogen-bond donors (Lipinski definition) is 1. The maximum absolute atomic E-state index is 13.7. The summed E-state index contributed by atoms with van der Waals surface area (Å²) >= 11 is 0. The standard InChI is InChI=1S/C15H19F2NO/c1-2-18-13(14-8-3-4-9-19-14)10-11-6-5-7-12(16)15(11)17/h5-8,13,18H,2-4,9-10H2,1H3. The molecule has 1 atom stereocenters. The van der Waals surface area contributed by atoms with E-state index in [9.17, 15) is 8.78 Å². The highest BCUT2D eigenvalue weighted by Crippen LogP contribution is 2.19. The molecule has 1 aromatic rings. The Morgan fingerprint density at radius 1 is 1.37 bits per heavy atom. The van der Waals surface area contributed by atoms with Gasteiger partial charge in [0.25, 0.3) is 0 Å². The number of ether oxygens (including phenoxy) is 1. The predicted molar refractivity (Wildman–Crippen MR) is 70.8 cm³/mol. The van der Waals surface area contributed by atoms with Crippen LogP contribution in [0.5, 0.6) is 0 Å². The topological polar surface area (TPSA) is 21.3 Å². The molecule has 0 bridgehead atoms. The molecule has 0 fully saturated rings. The Kier molecular flexibility index (Phi) is 4.91. The van der Waals surface area contributed by atoms with E-state index in [0.29, 0.717) is 18.6 Å². The molecule has 2 nitrogen and oxygen atoms in total. The van der Waals surface area contributed by atoms with Gasteiger partial charge in [0.2, 0.25) is 0 Å². The summed E-state index contributed by atoms with van der Waals surface area (Å²) < 4.78 is 32.5. The zero-order valence-electron chi connectivity index (χ0n) is 11.1. The average molecular weight is 267 g/mol. The van der Waals surface area contributed by atoms with E-state index in [1.807, 2.05) is 13.0 Å². The summed E-state index contributed by atoms with van der Waals surface area (Å²) in [6.07, 6.45) is 4.41. The average Bonchev–Trinajstić information content (AvgIpc) is 2.44. The van der Waals surface area contributed by atoms with Crippen molar-refractivity contribution in [2.75, 3.05) is 13.2 Å². The van der Waals surface area contributed by atoms with Crippen LogP contribution in [0, 0.1) is 11.6 Å². The van der Waals surface area contributed by atoms with E-state index in [1.54, 1.807) is 6.07 Å². The summed E-state index contributed by atoms with van der Waals surface area (Å²) in [6, 6.07) is 4.19. The van der Waals surface area contributed by atoms with Crippen molar-refractivity contribution in [3.05, 3.63) is 47.2 Å². The fraction of sp³-hybridized carbons (Fsp3) is 0.467. The first-order chi connectivity index (χ1) is 9.22. The number of allylic oxidation sites excluding steroid dienone is 1. The van der Waals surface area contributed by atoms with Crippen molar-refractivity contribution in [2.24, 2.45) is 0 Å². The van der Waals surface area contributed by atoms with Gasteiger partial charge in [-0.2, -0.15) is 0 Å². The molecule has 2 rings (SSSR count). The third-order valence-corrected chi connectivity index (χ3v) is 3.21. The van der Waals surface area contributed by atoms with Gasteiger partial charge in [-0.05, 0) is 43.5 Å². The SMILES string of the molecule is CCNC(Cc1cccc(F)c1F)C1=CCCCO1. The van der Waals surface area contributed by atoms with E-state index in [4.69, 9.17) is 4.74 Å². The first-order valence-corrected chi connectivity index (χ1v) is 6.71. The highest BCUT2D eigenvalue weighted by molar-refractivity contribution is 5.22. The highest BCUT2D eigenvalue weighted by Gasteiger charge is 2.20. The van der Waals surface area contributed by atoms with Gasteiger partial charge in [-0.3, -0.25) is 0 Å². The summed E-state index contributed by atoms with van der Waals surface area (Å²) in [5, 5.41) is 3.27. The van der Waals surface area contributed by atoms with Crippen LogP contribution in [0.2, 0.25) is 0 Å². The number of rotatable bonds is 5. The van der Waals surface area contributed by atoms with Crippen molar-refractivity contribution in [3.8, 4) is 0 Å². The van der Waals surface area contributed by atoms with E-state index >= 15 is 0 Å². The molecule has 1 aliphatic rings.